The van der Waals surface area contributed by atoms with Crippen molar-refractivity contribution >= 4 is 5.71 Å². The smallest absolute Gasteiger partial charge is 0.161 e. The average Bonchev–Trinajstić information content (AvgIpc) is 2.73. The van der Waals surface area contributed by atoms with E-state index in [0.717, 1.165) is 41.3 Å². The number of hydrogen-bond acceptors (Lipinski definition) is 3. The molecule has 0 bridgehead atoms. The van der Waals surface area contributed by atoms with Gasteiger partial charge in [-0.1, -0.05) is 54.6 Å². The zero-order chi connectivity index (χ0) is 17.9. The second-order valence-electron chi connectivity index (χ2n) is 6.26. The third-order valence-corrected chi connectivity index (χ3v) is 4.78. The summed E-state index contributed by atoms with van der Waals surface area (Å²) in [6.45, 7) is 0.779. The van der Waals surface area contributed by atoms with E-state index in [1.165, 1.54) is 16.7 Å². The molecule has 0 atom stereocenters. The highest BCUT2D eigenvalue weighted by Crippen LogP contribution is 2.35. The van der Waals surface area contributed by atoms with Crippen molar-refractivity contribution in [1.29, 1.82) is 0 Å². The average molecular weight is 343 g/mol. The van der Waals surface area contributed by atoms with Gasteiger partial charge in [0.1, 0.15) is 0 Å². The van der Waals surface area contributed by atoms with Crippen LogP contribution in [0.2, 0.25) is 0 Å². The van der Waals surface area contributed by atoms with E-state index in [-0.39, 0.29) is 0 Å². The van der Waals surface area contributed by atoms with Crippen LogP contribution in [0.3, 0.4) is 0 Å². The Bertz CT molecular complexity index is 961. The van der Waals surface area contributed by atoms with Crippen molar-refractivity contribution in [3.05, 3.63) is 83.4 Å². The van der Waals surface area contributed by atoms with Gasteiger partial charge in [0.2, 0.25) is 0 Å². The minimum absolute atomic E-state index is 0.734. The molecule has 26 heavy (non-hydrogen) atoms. The maximum absolute atomic E-state index is 5.52. The van der Waals surface area contributed by atoms with Crippen LogP contribution in [-0.4, -0.2) is 26.5 Å². The van der Waals surface area contributed by atoms with Gasteiger partial charge in [0.25, 0.3) is 0 Å². The van der Waals surface area contributed by atoms with Crippen LogP contribution in [0.25, 0.3) is 11.1 Å². The number of hydrogen-bond donors (Lipinski definition) is 0. The third-order valence-electron chi connectivity index (χ3n) is 4.78. The van der Waals surface area contributed by atoms with Crippen LogP contribution < -0.4 is 9.47 Å². The first kappa shape index (κ1) is 16.4. The highest BCUT2D eigenvalue weighted by Gasteiger charge is 2.21. The van der Waals surface area contributed by atoms with Gasteiger partial charge in [-0.05, 0) is 35.2 Å². The number of ether oxygens (including phenoxy) is 2. The lowest BCUT2D eigenvalue weighted by Crippen LogP contribution is -2.15. The number of rotatable bonds is 4. The molecule has 0 spiro atoms. The van der Waals surface area contributed by atoms with Crippen LogP contribution in [0.1, 0.15) is 16.7 Å². The Hall–Kier alpha value is -3.07. The molecular weight excluding hydrogens is 322 g/mol. The molecule has 1 aliphatic heterocycles. The molecule has 1 heterocycles. The molecular formula is C23H21NO2. The zero-order valence-corrected chi connectivity index (χ0v) is 15.0. The van der Waals surface area contributed by atoms with Crippen molar-refractivity contribution in [2.75, 3.05) is 20.8 Å². The van der Waals surface area contributed by atoms with E-state index in [2.05, 4.69) is 54.6 Å². The third kappa shape index (κ3) is 2.86. The number of methoxy groups -OCH3 is 2. The molecule has 130 valence electrons. The van der Waals surface area contributed by atoms with E-state index in [4.69, 9.17) is 14.5 Å². The molecule has 0 amide bonds. The number of fused-ring (bicyclic) bond motifs is 1. The molecule has 3 aromatic carbocycles. The Morgan fingerprint density at radius 2 is 1.38 bits per heavy atom. The summed E-state index contributed by atoms with van der Waals surface area (Å²) >= 11 is 0. The second kappa shape index (κ2) is 7.04. The normalized spacial score (nSPS) is 12.9. The van der Waals surface area contributed by atoms with Gasteiger partial charge < -0.3 is 9.47 Å². The maximum Gasteiger partial charge on any atom is 0.161 e. The van der Waals surface area contributed by atoms with Crippen LogP contribution >= 0.6 is 0 Å². The minimum Gasteiger partial charge on any atom is -0.493 e. The maximum atomic E-state index is 5.52. The van der Waals surface area contributed by atoms with Gasteiger partial charge in [0, 0.05) is 17.7 Å². The summed E-state index contributed by atoms with van der Waals surface area (Å²) in [6.07, 6.45) is 0.909. The Morgan fingerprint density at radius 1 is 0.731 bits per heavy atom. The first-order chi connectivity index (χ1) is 12.8. The van der Waals surface area contributed by atoms with Crippen molar-refractivity contribution in [3.63, 3.8) is 0 Å². The first-order valence-corrected chi connectivity index (χ1v) is 8.76. The molecule has 3 heteroatoms. The zero-order valence-electron chi connectivity index (χ0n) is 15.0. The van der Waals surface area contributed by atoms with E-state index in [0.29, 0.717) is 0 Å². The predicted molar refractivity (Wildman–Crippen MR) is 106 cm³/mol. The minimum atomic E-state index is 0.734. The first-order valence-electron chi connectivity index (χ1n) is 8.76. The molecule has 3 aromatic rings. The molecule has 0 fully saturated rings. The standard InChI is InChI=1S/C23H21NO2/c1-25-21-14-17-12-13-24-23(20(17)15-22(21)26-2)19-11-7-6-10-18(19)16-8-4-3-5-9-16/h3-11,14-15H,12-13H2,1-2H3. The highest BCUT2D eigenvalue weighted by atomic mass is 16.5. The van der Waals surface area contributed by atoms with E-state index >= 15 is 0 Å². The molecule has 3 nitrogen and oxygen atoms in total. The van der Waals surface area contributed by atoms with E-state index < -0.39 is 0 Å². The summed E-state index contributed by atoms with van der Waals surface area (Å²) in [5.41, 5.74) is 6.92. The van der Waals surface area contributed by atoms with E-state index in [1.54, 1.807) is 14.2 Å². The fourth-order valence-corrected chi connectivity index (χ4v) is 3.51. The van der Waals surface area contributed by atoms with Gasteiger partial charge in [-0.15, -0.1) is 0 Å². The van der Waals surface area contributed by atoms with Gasteiger partial charge >= 0.3 is 0 Å². The summed E-state index contributed by atoms with van der Waals surface area (Å²) in [5.74, 6) is 1.50. The molecule has 0 radical (unpaired) electrons. The van der Waals surface area contributed by atoms with Crippen molar-refractivity contribution in [2.45, 2.75) is 6.42 Å². The molecule has 0 unspecified atom stereocenters. The van der Waals surface area contributed by atoms with Crippen molar-refractivity contribution in [3.8, 4) is 22.6 Å². The predicted octanol–water partition coefficient (Wildman–Crippen LogP) is 4.76. The van der Waals surface area contributed by atoms with Crippen LogP contribution in [0.5, 0.6) is 11.5 Å². The van der Waals surface area contributed by atoms with Gasteiger partial charge in [0.05, 0.1) is 19.9 Å². The largest absolute Gasteiger partial charge is 0.493 e. The molecule has 0 aromatic heterocycles. The molecule has 1 aliphatic rings. The summed E-state index contributed by atoms with van der Waals surface area (Å²) in [7, 11) is 3.34. The Kier molecular flexibility index (Phi) is 4.44. The van der Waals surface area contributed by atoms with E-state index in [1.807, 2.05) is 12.1 Å². The van der Waals surface area contributed by atoms with Crippen molar-refractivity contribution in [2.24, 2.45) is 4.99 Å². The van der Waals surface area contributed by atoms with Crippen molar-refractivity contribution < 1.29 is 9.47 Å². The Balaban J connectivity index is 1.88. The molecule has 0 saturated heterocycles. The van der Waals surface area contributed by atoms with Crippen LogP contribution in [0, 0.1) is 0 Å². The van der Waals surface area contributed by atoms with Gasteiger partial charge in [-0.25, -0.2) is 0 Å². The Morgan fingerprint density at radius 3 is 2.12 bits per heavy atom. The highest BCUT2D eigenvalue weighted by molar-refractivity contribution is 6.17. The monoisotopic (exact) mass is 343 g/mol. The molecule has 4 rings (SSSR count). The molecule has 0 aliphatic carbocycles. The second-order valence-corrected chi connectivity index (χ2v) is 6.26. The fourth-order valence-electron chi connectivity index (χ4n) is 3.51. The molecule has 0 saturated carbocycles. The number of aliphatic imine (C=N–C) groups is 1. The number of benzene rings is 3. The van der Waals surface area contributed by atoms with Gasteiger partial charge in [-0.3, -0.25) is 4.99 Å². The SMILES string of the molecule is COc1cc2c(cc1OC)C(c1ccccc1-c1ccccc1)=NCC2. The van der Waals surface area contributed by atoms with Crippen LogP contribution in [0.15, 0.2) is 71.7 Å². The lowest BCUT2D eigenvalue weighted by Gasteiger charge is -2.21. The van der Waals surface area contributed by atoms with Gasteiger partial charge in [0.15, 0.2) is 11.5 Å². The lowest BCUT2D eigenvalue weighted by atomic mass is 9.88. The van der Waals surface area contributed by atoms with Gasteiger partial charge in [-0.2, -0.15) is 0 Å². The summed E-state index contributed by atoms with van der Waals surface area (Å²) in [5, 5.41) is 0. The summed E-state index contributed by atoms with van der Waals surface area (Å²) in [6, 6.07) is 23.0. The molecule has 0 N–H and O–H groups in total. The van der Waals surface area contributed by atoms with E-state index in [9.17, 15) is 0 Å². The van der Waals surface area contributed by atoms with Crippen molar-refractivity contribution in [1.82, 2.24) is 0 Å². The quantitative estimate of drug-likeness (QED) is 0.683. The summed E-state index contributed by atoms with van der Waals surface area (Å²) in [4.78, 5) is 4.88. The van der Waals surface area contributed by atoms with Crippen LogP contribution in [0.4, 0.5) is 0 Å². The Labute approximate surface area is 153 Å². The summed E-state index contributed by atoms with van der Waals surface area (Å²) < 4.78 is 11.0. The topological polar surface area (TPSA) is 30.8 Å². The number of nitrogens with zero attached hydrogens (tertiary/aromatic N) is 1. The lowest BCUT2D eigenvalue weighted by molar-refractivity contribution is 0.354. The van der Waals surface area contributed by atoms with Crippen LogP contribution in [-0.2, 0) is 6.42 Å². The fraction of sp³-hybridized carbons (Fsp3) is 0.174.